The molecule has 0 aliphatic carbocycles. The number of benzene rings is 1. The summed E-state index contributed by atoms with van der Waals surface area (Å²) in [6.45, 7) is 4.73. The van der Waals surface area contributed by atoms with Crippen LogP contribution in [-0.2, 0) is 9.53 Å². The monoisotopic (exact) mass is 353 g/mol. The molecule has 0 aromatic heterocycles. The van der Waals surface area contributed by atoms with E-state index in [9.17, 15) is 10.1 Å². The SMILES string of the molecule is CC1CN(C(=O)/C(C#N)=C\Nc2cc(Cl)cc(Cl)c2)CC(C)O1. The third-order valence-corrected chi connectivity index (χ3v) is 3.74. The number of carbonyl (C=O) groups excluding carboxylic acids is 1. The molecule has 5 nitrogen and oxygen atoms in total. The van der Waals surface area contributed by atoms with E-state index < -0.39 is 0 Å². The lowest BCUT2D eigenvalue weighted by molar-refractivity contribution is -0.138. The molecule has 2 rings (SSSR count). The lowest BCUT2D eigenvalue weighted by Crippen LogP contribution is -2.48. The molecule has 1 saturated heterocycles. The molecule has 0 bridgehead atoms. The predicted molar refractivity (Wildman–Crippen MR) is 90.4 cm³/mol. The van der Waals surface area contributed by atoms with Gasteiger partial charge in [0.2, 0.25) is 0 Å². The average Bonchev–Trinajstić information content (AvgIpc) is 2.45. The standard InChI is InChI=1S/C16H17Cl2N3O2/c1-10-8-21(9-11(2)23-10)16(22)12(6-19)7-20-15-4-13(17)3-14(18)5-15/h3-5,7,10-11,20H,8-9H2,1-2H3/b12-7-. The number of rotatable bonds is 3. The third kappa shape index (κ3) is 4.87. The van der Waals surface area contributed by atoms with Crippen molar-refractivity contribution in [2.75, 3.05) is 18.4 Å². The Morgan fingerprint density at radius 1 is 1.30 bits per heavy atom. The van der Waals surface area contributed by atoms with Crippen LogP contribution in [-0.4, -0.2) is 36.1 Å². The fourth-order valence-electron chi connectivity index (χ4n) is 2.45. The Kier molecular flexibility index (Phi) is 5.89. The molecule has 1 N–H and O–H groups in total. The van der Waals surface area contributed by atoms with Crippen LogP contribution in [0.15, 0.2) is 30.0 Å². The number of morpholine rings is 1. The van der Waals surface area contributed by atoms with Gasteiger partial charge >= 0.3 is 0 Å². The fraction of sp³-hybridized carbons (Fsp3) is 0.375. The first-order valence-corrected chi connectivity index (χ1v) is 7.92. The molecule has 23 heavy (non-hydrogen) atoms. The Balaban J connectivity index is 2.12. The second-order valence-electron chi connectivity index (χ2n) is 5.44. The smallest absolute Gasteiger partial charge is 0.266 e. The lowest BCUT2D eigenvalue weighted by atomic mass is 10.2. The van der Waals surface area contributed by atoms with Gasteiger partial charge in [0, 0.05) is 35.0 Å². The zero-order chi connectivity index (χ0) is 17.0. The van der Waals surface area contributed by atoms with Gasteiger partial charge in [-0.15, -0.1) is 0 Å². The van der Waals surface area contributed by atoms with Crippen molar-refractivity contribution in [3.63, 3.8) is 0 Å². The zero-order valence-corrected chi connectivity index (χ0v) is 14.4. The highest BCUT2D eigenvalue weighted by atomic mass is 35.5. The zero-order valence-electron chi connectivity index (χ0n) is 12.8. The first kappa shape index (κ1) is 17.6. The number of halogens is 2. The summed E-state index contributed by atoms with van der Waals surface area (Å²) in [5.41, 5.74) is 0.620. The van der Waals surface area contributed by atoms with Crippen LogP contribution in [0.3, 0.4) is 0 Å². The first-order valence-electron chi connectivity index (χ1n) is 7.16. The Hall–Kier alpha value is -1.74. The predicted octanol–water partition coefficient (Wildman–Crippen LogP) is 3.45. The molecule has 1 fully saturated rings. The molecule has 1 aliphatic rings. The van der Waals surface area contributed by atoms with Gasteiger partial charge in [0.1, 0.15) is 11.6 Å². The first-order chi connectivity index (χ1) is 10.9. The molecule has 1 aromatic carbocycles. The van der Waals surface area contributed by atoms with E-state index in [2.05, 4.69) is 5.32 Å². The van der Waals surface area contributed by atoms with Crippen LogP contribution in [0.2, 0.25) is 10.0 Å². The topological polar surface area (TPSA) is 65.4 Å². The minimum absolute atomic E-state index is 0.0161. The highest BCUT2D eigenvalue weighted by molar-refractivity contribution is 6.35. The highest BCUT2D eigenvalue weighted by Crippen LogP contribution is 2.22. The number of hydrogen-bond acceptors (Lipinski definition) is 4. The maximum atomic E-state index is 12.5. The number of amides is 1. The van der Waals surface area contributed by atoms with Crippen molar-refractivity contribution in [3.8, 4) is 6.07 Å². The van der Waals surface area contributed by atoms with E-state index in [1.807, 2.05) is 19.9 Å². The van der Waals surface area contributed by atoms with Crippen LogP contribution in [0, 0.1) is 11.3 Å². The number of hydrogen-bond donors (Lipinski definition) is 1. The maximum absolute atomic E-state index is 12.5. The van der Waals surface area contributed by atoms with Gasteiger partial charge in [-0.1, -0.05) is 23.2 Å². The molecule has 7 heteroatoms. The van der Waals surface area contributed by atoms with E-state index in [0.717, 1.165) is 0 Å². The highest BCUT2D eigenvalue weighted by Gasteiger charge is 2.27. The van der Waals surface area contributed by atoms with Gasteiger partial charge in [-0.05, 0) is 32.0 Å². The summed E-state index contributed by atoms with van der Waals surface area (Å²) in [4.78, 5) is 14.1. The van der Waals surface area contributed by atoms with E-state index in [1.54, 1.807) is 23.1 Å². The van der Waals surface area contributed by atoms with Gasteiger partial charge in [0.05, 0.1) is 12.2 Å². The van der Waals surface area contributed by atoms with Crippen LogP contribution in [0.5, 0.6) is 0 Å². The molecular formula is C16H17Cl2N3O2. The van der Waals surface area contributed by atoms with Crippen LogP contribution in [0.1, 0.15) is 13.8 Å². The summed E-state index contributed by atoms with van der Waals surface area (Å²) in [5.74, 6) is -0.324. The fourth-order valence-corrected chi connectivity index (χ4v) is 2.97. The Morgan fingerprint density at radius 3 is 2.39 bits per heavy atom. The van der Waals surface area contributed by atoms with Crippen LogP contribution in [0.25, 0.3) is 0 Å². The Labute approximate surface area is 145 Å². The molecule has 1 aliphatic heterocycles. The number of anilines is 1. The molecule has 1 amide bonds. The lowest BCUT2D eigenvalue weighted by Gasteiger charge is -2.35. The second-order valence-corrected chi connectivity index (χ2v) is 6.31. The molecule has 1 aromatic rings. The van der Waals surface area contributed by atoms with Crippen molar-refractivity contribution in [2.24, 2.45) is 0 Å². The van der Waals surface area contributed by atoms with Crippen molar-refractivity contribution in [1.82, 2.24) is 4.90 Å². The van der Waals surface area contributed by atoms with Crippen molar-refractivity contribution in [1.29, 1.82) is 5.26 Å². The van der Waals surface area contributed by atoms with Gasteiger partial charge in [-0.25, -0.2) is 0 Å². The van der Waals surface area contributed by atoms with Gasteiger partial charge in [0.15, 0.2) is 0 Å². The summed E-state index contributed by atoms with van der Waals surface area (Å²) in [6, 6.07) is 6.84. The Bertz CT molecular complexity index is 640. The van der Waals surface area contributed by atoms with E-state index >= 15 is 0 Å². The number of carbonyl (C=O) groups is 1. The number of nitriles is 1. The van der Waals surface area contributed by atoms with Gasteiger partial charge < -0.3 is 15.0 Å². The number of nitrogens with one attached hydrogen (secondary N) is 1. The van der Waals surface area contributed by atoms with Crippen molar-refractivity contribution >= 4 is 34.8 Å². The quantitative estimate of drug-likeness (QED) is 0.667. The summed E-state index contributed by atoms with van der Waals surface area (Å²) in [7, 11) is 0. The molecule has 2 unspecified atom stereocenters. The van der Waals surface area contributed by atoms with E-state index in [4.69, 9.17) is 27.9 Å². The minimum atomic E-state index is -0.324. The molecule has 0 saturated carbocycles. The van der Waals surface area contributed by atoms with E-state index in [0.29, 0.717) is 28.8 Å². The Morgan fingerprint density at radius 2 is 1.87 bits per heavy atom. The summed E-state index contributed by atoms with van der Waals surface area (Å²) >= 11 is 11.8. The molecule has 2 atom stereocenters. The normalized spacial score (nSPS) is 21.7. The summed E-state index contributed by atoms with van der Waals surface area (Å²) < 4.78 is 5.59. The van der Waals surface area contributed by atoms with Crippen molar-refractivity contribution in [3.05, 3.63) is 40.0 Å². The number of ether oxygens (including phenoxy) is 1. The summed E-state index contributed by atoms with van der Waals surface area (Å²) in [6.07, 6.45) is 1.26. The van der Waals surface area contributed by atoms with E-state index in [-0.39, 0.29) is 23.7 Å². The average molecular weight is 354 g/mol. The van der Waals surface area contributed by atoms with Crippen LogP contribution < -0.4 is 5.32 Å². The largest absolute Gasteiger partial charge is 0.372 e. The van der Waals surface area contributed by atoms with Crippen LogP contribution in [0.4, 0.5) is 5.69 Å². The second kappa shape index (κ2) is 7.69. The van der Waals surface area contributed by atoms with E-state index in [1.165, 1.54) is 6.20 Å². The van der Waals surface area contributed by atoms with Crippen LogP contribution >= 0.6 is 23.2 Å². The minimum Gasteiger partial charge on any atom is -0.372 e. The molecule has 0 spiro atoms. The molecule has 1 heterocycles. The summed E-state index contributed by atoms with van der Waals surface area (Å²) in [5, 5.41) is 13.1. The number of nitrogens with zero attached hydrogens (tertiary/aromatic N) is 2. The molecule has 0 radical (unpaired) electrons. The van der Waals surface area contributed by atoms with Gasteiger partial charge in [-0.3, -0.25) is 4.79 Å². The van der Waals surface area contributed by atoms with Crippen molar-refractivity contribution < 1.29 is 9.53 Å². The third-order valence-electron chi connectivity index (χ3n) is 3.30. The van der Waals surface area contributed by atoms with Gasteiger partial charge in [0.25, 0.3) is 5.91 Å². The van der Waals surface area contributed by atoms with Crippen molar-refractivity contribution in [2.45, 2.75) is 26.1 Å². The van der Waals surface area contributed by atoms with Gasteiger partial charge in [-0.2, -0.15) is 5.26 Å². The molecular weight excluding hydrogens is 337 g/mol. The molecule has 122 valence electrons. The maximum Gasteiger partial charge on any atom is 0.266 e.